The predicted octanol–water partition coefficient (Wildman–Crippen LogP) is 3.54. The predicted molar refractivity (Wildman–Crippen MR) is 90.7 cm³/mol. The lowest BCUT2D eigenvalue weighted by molar-refractivity contribution is -0.121. The Balaban J connectivity index is 1.66. The van der Waals surface area contributed by atoms with Gasteiger partial charge in [0.1, 0.15) is 0 Å². The molecule has 0 saturated carbocycles. The highest BCUT2D eigenvalue weighted by Crippen LogP contribution is 2.22. The van der Waals surface area contributed by atoms with Gasteiger partial charge >= 0.3 is 0 Å². The van der Waals surface area contributed by atoms with Crippen molar-refractivity contribution >= 4 is 33.4 Å². The minimum atomic E-state index is 0.116. The molecule has 2 N–H and O–H groups in total. The van der Waals surface area contributed by atoms with E-state index >= 15 is 0 Å². The first-order valence-electron chi connectivity index (χ1n) is 7.56. The number of hydrogen-bond acceptors (Lipinski definition) is 2. The first-order valence-corrected chi connectivity index (χ1v) is 8.73. The number of piperidine rings is 1. The standard InChI is InChI=1S/C16H22BrClN2O/c17-15-5-4-14(18)10-13(15)3-6-16(21)20-9-7-12-2-1-8-19-11-12/h4-5,10,12,19H,1-3,6-9,11H2,(H,20,21). The zero-order chi connectivity index (χ0) is 15.1. The number of halogens is 2. The van der Waals surface area contributed by atoms with Crippen LogP contribution in [0.25, 0.3) is 0 Å². The Kier molecular flexibility index (Phi) is 7.00. The molecule has 1 aliphatic heterocycles. The number of carbonyl (C=O) groups excluding carboxylic acids is 1. The van der Waals surface area contributed by atoms with Crippen LogP contribution >= 0.6 is 27.5 Å². The lowest BCUT2D eigenvalue weighted by Gasteiger charge is -2.22. The van der Waals surface area contributed by atoms with E-state index in [1.807, 2.05) is 18.2 Å². The molecule has 1 atom stereocenters. The van der Waals surface area contributed by atoms with Gasteiger partial charge in [0.05, 0.1) is 0 Å². The Morgan fingerprint density at radius 2 is 2.33 bits per heavy atom. The summed E-state index contributed by atoms with van der Waals surface area (Å²) < 4.78 is 1.01. The molecule has 5 heteroatoms. The van der Waals surface area contributed by atoms with Crippen molar-refractivity contribution in [3.05, 3.63) is 33.3 Å². The van der Waals surface area contributed by atoms with Crippen LogP contribution in [0.3, 0.4) is 0 Å². The summed E-state index contributed by atoms with van der Waals surface area (Å²) in [5.74, 6) is 0.826. The van der Waals surface area contributed by atoms with Crippen molar-refractivity contribution < 1.29 is 4.79 Å². The third kappa shape index (κ3) is 5.97. The highest BCUT2D eigenvalue weighted by atomic mass is 79.9. The van der Waals surface area contributed by atoms with E-state index in [4.69, 9.17) is 11.6 Å². The molecule has 2 rings (SSSR count). The molecule has 21 heavy (non-hydrogen) atoms. The molecule has 0 spiro atoms. The summed E-state index contributed by atoms with van der Waals surface area (Å²) in [6, 6.07) is 5.67. The number of aryl methyl sites for hydroxylation is 1. The van der Waals surface area contributed by atoms with Crippen LogP contribution in [0.1, 0.15) is 31.2 Å². The van der Waals surface area contributed by atoms with Crippen molar-refractivity contribution in [2.24, 2.45) is 5.92 Å². The van der Waals surface area contributed by atoms with E-state index in [1.165, 1.54) is 12.8 Å². The molecular weight excluding hydrogens is 352 g/mol. The van der Waals surface area contributed by atoms with Gasteiger partial charge in [0, 0.05) is 22.5 Å². The number of nitrogens with one attached hydrogen (secondary N) is 2. The molecule has 116 valence electrons. The summed E-state index contributed by atoms with van der Waals surface area (Å²) in [7, 11) is 0. The largest absolute Gasteiger partial charge is 0.356 e. The second-order valence-corrected chi connectivity index (χ2v) is 6.88. The van der Waals surface area contributed by atoms with Gasteiger partial charge in [-0.3, -0.25) is 4.79 Å². The molecule has 0 radical (unpaired) electrons. The first-order chi connectivity index (χ1) is 10.1. The number of rotatable bonds is 6. The average molecular weight is 374 g/mol. The second kappa shape index (κ2) is 8.76. The maximum absolute atomic E-state index is 11.9. The summed E-state index contributed by atoms with van der Waals surface area (Å²) in [5.41, 5.74) is 1.08. The van der Waals surface area contributed by atoms with Crippen LogP contribution in [0.2, 0.25) is 5.02 Å². The van der Waals surface area contributed by atoms with Gasteiger partial charge in [-0.25, -0.2) is 0 Å². The quantitative estimate of drug-likeness (QED) is 0.801. The normalized spacial score (nSPS) is 18.5. The van der Waals surface area contributed by atoms with Gasteiger partial charge in [0.25, 0.3) is 0 Å². The molecule has 1 saturated heterocycles. The fourth-order valence-electron chi connectivity index (χ4n) is 2.66. The van der Waals surface area contributed by atoms with E-state index < -0.39 is 0 Å². The van der Waals surface area contributed by atoms with Gasteiger partial charge < -0.3 is 10.6 Å². The van der Waals surface area contributed by atoms with E-state index in [2.05, 4.69) is 26.6 Å². The smallest absolute Gasteiger partial charge is 0.220 e. The van der Waals surface area contributed by atoms with Gasteiger partial charge in [-0.1, -0.05) is 27.5 Å². The van der Waals surface area contributed by atoms with E-state index in [1.54, 1.807) is 0 Å². The van der Waals surface area contributed by atoms with Crippen molar-refractivity contribution in [1.29, 1.82) is 0 Å². The van der Waals surface area contributed by atoms with Crippen LogP contribution in [0, 0.1) is 5.92 Å². The summed E-state index contributed by atoms with van der Waals surface area (Å²) in [4.78, 5) is 11.9. The number of benzene rings is 1. The van der Waals surface area contributed by atoms with Crippen LogP contribution in [-0.4, -0.2) is 25.5 Å². The zero-order valence-corrected chi connectivity index (χ0v) is 14.5. The second-order valence-electron chi connectivity index (χ2n) is 5.59. The molecule has 1 heterocycles. The van der Waals surface area contributed by atoms with Crippen molar-refractivity contribution in [2.75, 3.05) is 19.6 Å². The van der Waals surface area contributed by atoms with Gasteiger partial charge in [0.15, 0.2) is 0 Å². The van der Waals surface area contributed by atoms with Gasteiger partial charge in [-0.05, 0) is 68.5 Å². The van der Waals surface area contributed by atoms with Gasteiger partial charge in [-0.15, -0.1) is 0 Å². The Morgan fingerprint density at radius 3 is 3.10 bits per heavy atom. The maximum atomic E-state index is 11.9. The molecule has 0 aromatic heterocycles. The number of amides is 1. The van der Waals surface area contributed by atoms with E-state index in [0.717, 1.165) is 36.1 Å². The zero-order valence-electron chi connectivity index (χ0n) is 12.1. The van der Waals surface area contributed by atoms with Crippen LogP contribution in [0.4, 0.5) is 0 Å². The van der Waals surface area contributed by atoms with Crippen molar-refractivity contribution in [3.8, 4) is 0 Å². The van der Waals surface area contributed by atoms with Gasteiger partial charge in [-0.2, -0.15) is 0 Å². The van der Waals surface area contributed by atoms with E-state index in [9.17, 15) is 4.79 Å². The topological polar surface area (TPSA) is 41.1 Å². The summed E-state index contributed by atoms with van der Waals surface area (Å²) in [6.45, 7) is 3.00. The van der Waals surface area contributed by atoms with Crippen molar-refractivity contribution in [1.82, 2.24) is 10.6 Å². The van der Waals surface area contributed by atoms with Crippen molar-refractivity contribution in [3.63, 3.8) is 0 Å². The third-order valence-corrected chi connectivity index (χ3v) is 4.91. The van der Waals surface area contributed by atoms with E-state index in [0.29, 0.717) is 23.8 Å². The SMILES string of the molecule is O=C(CCc1cc(Cl)ccc1Br)NCCC1CCCNC1. The Hall–Kier alpha value is -0.580. The Morgan fingerprint density at radius 1 is 1.48 bits per heavy atom. The molecule has 3 nitrogen and oxygen atoms in total. The highest BCUT2D eigenvalue weighted by Gasteiger charge is 2.13. The Bertz CT molecular complexity index is 475. The maximum Gasteiger partial charge on any atom is 0.220 e. The fraction of sp³-hybridized carbons (Fsp3) is 0.562. The molecule has 1 aliphatic rings. The van der Waals surface area contributed by atoms with Crippen LogP contribution in [0.5, 0.6) is 0 Å². The average Bonchev–Trinajstić information content (AvgIpc) is 2.49. The monoisotopic (exact) mass is 372 g/mol. The van der Waals surface area contributed by atoms with Crippen LogP contribution < -0.4 is 10.6 Å². The van der Waals surface area contributed by atoms with Crippen LogP contribution in [-0.2, 0) is 11.2 Å². The summed E-state index contributed by atoms with van der Waals surface area (Å²) in [6.07, 6.45) is 4.80. The van der Waals surface area contributed by atoms with Crippen molar-refractivity contribution in [2.45, 2.75) is 32.1 Å². The molecule has 1 aromatic rings. The van der Waals surface area contributed by atoms with E-state index in [-0.39, 0.29) is 5.91 Å². The lowest BCUT2D eigenvalue weighted by atomic mass is 9.96. The number of hydrogen-bond donors (Lipinski definition) is 2. The molecule has 1 unspecified atom stereocenters. The third-order valence-electron chi connectivity index (χ3n) is 3.90. The molecule has 0 bridgehead atoms. The lowest BCUT2D eigenvalue weighted by Crippen LogP contribution is -2.33. The molecule has 1 aromatic carbocycles. The number of carbonyl (C=O) groups is 1. The Labute approximate surface area is 140 Å². The summed E-state index contributed by atoms with van der Waals surface area (Å²) in [5, 5.41) is 7.13. The molecule has 0 aliphatic carbocycles. The molecule has 1 amide bonds. The minimum Gasteiger partial charge on any atom is -0.356 e. The highest BCUT2D eigenvalue weighted by molar-refractivity contribution is 9.10. The minimum absolute atomic E-state index is 0.116. The molecular formula is C16H22BrClN2O. The molecule has 1 fully saturated rings. The fourth-order valence-corrected chi connectivity index (χ4v) is 3.30. The van der Waals surface area contributed by atoms with Gasteiger partial charge in [0.2, 0.25) is 5.91 Å². The summed E-state index contributed by atoms with van der Waals surface area (Å²) >= 11 is 9.46. The first kappa shape index (κ1) is 16.8. The van der Waals surface area contributed by atoms with Crippen LogP contribution in [0.15, 0.2) is 22.7 Å².